The Hall–Kier alpha value is -0.240. The highest BCUT2D eigenvalue weighted by molar-refractivity contribution is 6.18. The fourth-order valence-corrected chi connectivity index (χ4v) is 3.00. The van der Waals surface area contributed by atoms with Gasteiger partial charge in [0.2, 0.25) is 5.91 Å². The molecule has 0 atom stereocenters. The number of hydrogen-bond acceptors (Lipinski definition) is 1. The predicted octanol–water partition coefficient (Wildman–Crippen LogP) is 3.43. The van der Waals surface area contributed by atoms with Crippen molar-refractivity contribution in [3.8, 4) is 0 Å². The maximum atomic E-state index is 12.5. The van der Waals surface area contributed by atoms with E-state index in [9.17, 15) is 4.79 Å². The van der Waals surface area contributed by atoms with Crippen LogP contribution in [-0.4, -0.2) is 29.8 Å². The largest absolute Gasteiger partial charge is 0.341 e. The first-order valence-electron chi connectivity index (χ1n) is 6.55. The van der Waals surface area contributed by atoms with Gasteiger partial charge in [-0.05, 0) is 25.7 Å². The van der Waals surface area contributed by atoms with Gasteiger partial charge in [0.15, 0.2) is 0 Å². The summed E-state index contributed by atoms with van der Waals surface area (Å²) in [6, 6.07) is 0. The number of carbonyl (C=O) groups excluding carboxylic acids is 1. The number of halogens is 1. The van der Waals surface area contributed by atoms with Crippen LogP contribution in [0.25, 0.3) is 0 Å². The Balaban J connectivity index is 2.70. The van der Waals surface area contributed by atoms with Crippen LogP contribution in [0.5, 0.6) is 0 Å². The van der Waals surface area contributed by atoms with Crippen LogP contribution in [0.3, 0.4) is 0 Å². The predicted molar refractivity (Wildman–Crippen MR) is 68.8 cm³/mol. The average Bonchev–Trinajstić information content (AvgIpc) is 2.77. The Morgan fingerprint density at radius 2 is 1.88 bits per heavy atom. The topological polar surface area (TPSA) is 20.3 Å². The third-order valence-corrected chi connectivity index (χ3v) is 4.00. The zero-order chi connectivity index (χ0) is 12.0. The van der Waals surface area contributed by atoms with Crippen LogP contribution in [-0.2, 0) is 4.79 Å². The highest BCUT2D eigenvalue weighted by atomic mass is 35.5. The third kappa shape index (κ3) is 2.91. The molecular weight excluding hydrogens is 222 g/mol. The van der Waals surface area contributed by atoms with Crippen molar-refractivity contribution >= 4 is 17.5 Å². The fourth-order valence-electron chi connectivity index (χ4n) is 2.79. The summed E-state index contributed by atoms with van der Waals surface area (Å²) in [6.45, 7) is 5.82. The molecule has 0 bridgehead atoms. The Kier molecular flexibility index (Phi) is 5.60. The minimum absolute atomic E-state index is 0.0543. The molecule has 2 nitrogen and oxygen atoms in total. The van der Waals surface area contributed by atoms with Gasteiger partial charge in [0, 0.05) is 24.4 Å². The number of amides is 1. The van der Waals surface area contributed by atoms with E-state index in [1.165, 1.54) is 12.8 Å². The van der Waals surface area contributed by atoms with Crippen LogP contribution in [0.2, 0.25) is 0 Å². The number of alkyl halides is 1. The van der Waals surface area contributed by atoms with Gasteiger partial charge >= 0.3 is 0 Å². The molecule has 1 amide bonds. The summed E-state index contributed by atoms with van der Waals surface area (Å²) >= 11 is 5.78. The summed E-state index contributed by atoms with van der Waals surface area (Å²) in [5.41, 5.74) is -0.0543. The summed E-state index contributed by atoms with van der Waals surface area (Å²) in [5.74, 6) is 0.904. The smallest absolute Gasteiger partial charge is 0.228 e. The molecule has 0 unspecified atom stereocenters. The van der Waals surface area contributed by atoms with E-state index in [0.29, 0.717) is 18.3 Å². The molecule has 1 aliphatic rings. The van der Waals surface area contributed by atoms with E-state index >= 15 is 0 Å². The van der Waals surface area contributed by atoms with Crippen LogP contribution >= 0.6 is 11.6 Å². The molecule has 1 rings (SSSR count). The van der Waals surface area contributed by atoms with Gasteiger partial charge in [-0.3, -0.25) is 4.79 Å². The lowest BCUT2D eigenvalue weighted by atomic mass is 9.82. The number of nitrogens with zero attached hydrogens (tertiary/aromatic N) is 1. The molecule has 0 spiro atoms. The summed E-state index contributed by atoms with van der Waals surface area (Å²) < 4.78 is 0. The highest BCUT2D eigenvalue weighted by Crippen LogP contribution is 2.42. The number of carbonyl (C=O) groups is 1. The molecule has 0 aromatic heterocycles. The fraction of sp³-hybridized carbons (Fsp3) is 0.923. The van der Waals surface area contributed by atoms with E-state index in [1.54, 1.807) is 0 Å². The minimum atomic E-state index is -0.0543. The lowest BCUT2D eigenvalue weighted by molar-refractivity contribution is -0.142. The quantitative estimate of drug-likeness (QED) is 0.657. The first-order valence-corrected chi connectivity index (χ1v) is 7.09. The van der Waals surface area contributed by atoms with Gasteiger partial charge in [0.05, 0.1) is 0 Å². The summed E-state index contributed by atoms with van der Waals surface area (Å²) in [7, 11) is 0. The van der Waals surface area contributed by atoms with Gasteiger partial charge in [0.25, 0.3) is 0 Å². The maximum Gasteiger partial charge on any atom is 0.228 e. The molecule has 1 saturated carbocycles. The summed E-state index contributed by atoms with van der Waals surface area (Å²) in [6.07, 6.45) is 6.56. The highest BCUT2D eigenvalue weighted by Gasteiger charge is 2.41. The van der Waals surface area contributed by atoms with Gasteiger partial charge in [-0.25, -0.2) is 0 Å². The van der Waals surface area contributed by atoms with Crippen molar-refractivity contribution < 1.29 is 4.79 Å². The molecular formula is C13H24ClNO. The molecule has 0 saturated heterocycles. The van der Waals surface area contributed by atoms with Crippen LogP contribution in [0, 0.1) is 5.41 Å². The Bertz CT molecular complexity index is 218. The van der Waals surface area contributed by atoms with Crippen LogP contribution in [0.4, 0.5) is 0 Å². The van der Waals surface area contributed by atoms with Gasteiger partial charge in [-0.1, -0.05) is 26.7 Å². The molecule has 0 radical (unpaired) electrons. The molecule has 3 heteroatoms. The first kappa shape index (κ1) is 13.8. The summed E-state index contributed by atoms with van der Waals surface area (Å²) in [5, 5.41) is 0. The van der Waals surface area contributed by atoms with Crippen molar-refractivity contribution in [1.82, 2.24) is 4.90 Å². The average molecular weight is 246 g/mol. The molecule has 94 valence electrons. The van der Waals surface area contributed by atoms with Gasteiger partial charge in [-0.15, -0.1) is 11.6 Å². The Labute approximate surface area is 104 Å². The normalized spacial score (nSPS) is 18.7. The molecule has 0 aromatic rings. The molecule has 16 heavy (non-hydrogen) atoms. The van der Waals surface area contributed by atoms with E-state index < -0.39 is 0 Å². The van der Waals surface area contributed by atoms with E-state index in [0.717, 1.165) is 32.2 Å². The lowest BCUT2D eigenvalue weighted by Gasteiger charge is -2.33. The van der Waals surface area contributed by atoms with E-state index in [-0.39, 0.29) is 5.41 Å². The molecule has 0 N–H and O–H groups in total. The molecule has 0 aliphatic heterocycles. The zero-order valence-electron chi connectivity index (χ0n) is 10.6. The van der Waals surface area contributed by atoms with E-state index in [2.05, 4.69) is 13.8 Å². The second-order valence-electron chi connectivity index (χ2n) is 4.82. The first-order chi connectivity index (χ1) is 7.70. The van der Waals surface area contributed by atoms with Crippen molar-refractivity contribution in [2.75, 3.05) is 19.0 Å². The monoisotopic (exact) mass is 245 g/mol. The lowest BCUT2D eigenvalue weighted by Crippen LogP contribution is -2.43. The second kappa shape index (κ2) is 6.48. The molecule has 1 fully saturated rings. The number of rotatable bonds is 6. The molecule has 0 aromatic carbocycles. The number of hydrogen-bond donors (Lipinski definition) is 0. The van der Waals surface area contributed by atoms with Crippen LogP contribution in [0.1, 0.15) is 52.4 Å². The molecule has 1 aliphatic carbocycles. The van der Waals surface area contributed by atoms with Crippen molar-refractivity contribution in [3.05, 3.63) is 0 Å². The van der Waals surface area contributed by atoms with Gasteiger partial charge in [0.1, 0.15) is 0 Å². The van der Waals surface area contributed by atoms with Crippen LogP contribution in [0.15, 0.2) is 0 Å². The van der Waals surface area contributed by atoms with Gasteiger partial charge in [-0.2, -0.15) is 0 Å². The SMILES string of the molecule is CCCN(CCCl)C(=O)C1(CC)CCCC1. The van der Waals surface area contributed by atoms with Gasteiger partial charge < -0.3 is 4.90 Å². The van der Waals surface area contributed by atoms with Crippen molar-refractivity contribution in [2.45, 2.75) is 52.4 Å². The third-order valence-electron chi connectivity index (χ3n) is 3.83. The second-order valence-corrected chi connectivity index (χ2v) is 5.20. The summed E-state index contributed by atoms with van der Waals surface area (Å²) in [4.78, 5) is 14.5. The maximum absolute atomic E-state index is 12.5. The van der Waals surface area contributed by atoms with E-state index in [1.807, 2.05) is 4.90 Å². The standard InChI is InChI=1S/C13H24ClNO/c1-3-10-15(11-9-14)12(16)13(4-2)7-5-6-8-13/h3-11H2,1-2H3. The van der Waals surface area contributed by atoms with Crippen LogP contribution < -0.4 is 0 Å². The van der Waals surface area contributed by atoms with Crippen molar-refractivity contribution in [2.24, 2.45) is 5.41 Å². The Morgan fingerprint density at radius 3 is 2.31 bits per heavy atom. The van der Waals surface area contributed by atoms with E-state index in [4.69, 9.17) is 11.6 Å². The zero-order valence-corrected chi connectivity index (χ0v) is 11.4. The molecule has 0 heterocycles. The van der Waals surface area contributed by atoms with Crippen molar-refractivity contribution in [3.63, 3.8) is 0 Å². The minimum Gasteiger partial charge on any atom is -0.341 e. The van der Waals surface area contributed by atoms with Crippen molar-refractivity contribution in [1.29, 1.82) is 0 Å². The Morgan fingerprint density at radius 1 is 1.25 bits per heavy atom.